The number of aromatic nitrogens is 1. The standard InChI is InChI=1S/C29H36N4O/c34-29(33-23-8-4-9-24(33)13-12-23)25(22-6-2-1-3-7-22)15-17-31-18-20-32(21-19-31)28-11-5-10-27-26(28)14-16-30-27/h1-3,5-7,10-11,14,16,23-25,30H,4,8-9,12-13,15,17-21H2/t23?,24?,25-/m1/s1. The first-order valence-corrected chi connectivity index (χ1v) is 13.2. The summed E-state index contributed by atoms with van der Waals surface area (Å²) in [6, 6.07) is 20.2. The summed E-state index contributed by atoms with van der Waals surface area (Å²) in [5.41, 5.74) is 3.72. The average Bonchev–Trinajstić information content (AvgIpc) is 3.46. The van der Waals surface area contributed by atoms with Crippen molar-refractivity contribution in [1.29, 1.82) is 0 Å². The topological polar surface area (TPSA) is 42.6 Å². The molecule has 178 valence electrons. The number of rotatable bonds is 6. The molecule has 2 aromatic carbocycles. The second-order valence-electron chi connectivity index (χ2n) is 10.4. The van der Waals surface area contributed by atoms with Crippen molar-refractivity contribution in [2.75, 3.05) is 37.6 Å². The molecule has 2 bridgehead atoms. The zero-order chi connectivity index (χ0) is 22.9. The highest BCUT2D eigenvalue weighted by atomic mass is 16.2. The summed E-state index contributed by atoms with van der Waals surface area (Å²) in [6.45, 7) is 5.14. The fourth-order valence-corrected chi connectivity index (χ4v) is 6.64. The molecule has 34 heavy (non-hydrogen) atoms. The number of fused-ring (bicyclic) bond motifs is 3. The Morgan fingerprint density at radius 1 is 0.882 bits per heavy atom. The summed E-state index contributed by atoms with van der Waals surface area (Å²) in [7, 11) is 0. The van der Waals surface area contributed by atoms with Crippen LogP contribution in [0.3, 0.4) is 0 Å². The Kier molecular flexibility index (Phi) is 6.04. The maximum Gasteiger partial charge on any atom is 0.230 e. The minimum Gasteiger partial charge on any atom is -0.368 e. The summed E-state index contributed by atoms with van der Waals surface area (Å²) in [5, 5.41) is 1.31. The van der Waals surface area contributed by atoms with E-state index < -0.39 is 0 Å². The van der Waals surface area contributed by atoms with Gasteiger partial charge in [0.15, 0.2) is 0 Å². The monoisotopic (exact) mass is 456 g/mol. The Bertz CT molecular complexity index is 1100. The third kappa shape index (κ3) is 4.11. The molecule has 1 aromatic heterocycles. The number of benzene rings is 2. The molecule has 1 amide bonds. The van der Waals surface area contributed by atoms with Crippen LogP contribution in [0.5, 0.6) is 0 Å². The number of nitrogens with one attached hydrogen (secondary N) is 1. The lowest BCUT2D eigenvalue weighted by atomic mass is 9.91. The van der Waals surface area contributed by atoms with Crippen LogP contribution in [0.25, 0.3) is 10.9 Å². The molecule has 3 aliphatic heterocycles. The van der Waals surface area contributed by atoms with Crippen molar-refractivity contribution in [1.82, 2.24) is 14.8 Å². The van der Waals surface area contributed by atoms with Crippen LogP contribution in [0.1, 0.15) is 50.0 Å². The van der Waals surface area contributed by atoms with Gasteiger partial charge >= 0.3 is 0 Å². The van der Waals surface area contributed by atoms with Gasteiger partial charge in [-0.2, -0.15) is 0 Å². The zero-order valence-corrected chi connectivity index (χ0v) is 20.0. The van der Waals surface area contributed by atoms with E-state index in [1.54, 1.807) is 0 Å². The SMILES string of the molecule is O=C([C@H](CCN1CCN(c2cccc3[nH]ccc23)CC1)c1ccccc1)N1C2CCCC1CC2. The van der Waals surface area contributed by atoms with Gasteiger partial charge in [0, 0.05) is 61.0 Å². The van der Waals surface area contributed by atoms with Crippen LogP contribution < -0.4 is 4.90 Å². The maximum atomic E-state index is 13.9. The first kappa shape index (κ1) is 21.7. The van der Waals surface area contributed by atoms with Gasteiger partial charge in [-0.05, 0) is 68.8 Å². The summed E-state index contributed by atoms with van der Waals surface area (Å²) in [5.74, 6) is 0.366. The summed E-state index contributed by atoms with van der Waals surface area (Å²) >= 11 is 0. The Morgan fingerprint density at radius 2 is 1.65 bits per heavy atom. The highest BCUT2D eigenvalue weighted by Gasteiger charge is 2.42. The van der Waals surface area contributed by atoms with Crippen molar-refractivity contribution in [3.8, 4) is 0 Å². The van der Waals surface area contributed by atoms with Crippen LogP contribution in [-0.2, 0) is 4.79 Å². The lowest BCUT2D eigenvalue weighted by molar-refractivity contribution is -0.137. The number of piperazine rings is 1. The van der Waals surface area contributed by atoms with Crippen LogP contribution in [0, 0.1) is 0 Å². The minimum atomic E-state index is -0.0194. The van der Waals surface area contributed by atoms with E-state index in [2.05, 4.69) is 74.3 Å². The fourth-order valence-electron chi connectivity index (χ4n) is 6.64. The van der Waals surface area contributed by atoms with Crippen molar-refractivity contribution in [2.45, 2.75) is 56.5 Å². The Balaban J connectivity index is 1.12. The molecule has 2 unspecified atom stereocenters. The van der Waals surface area contributed by atoms with E-state index in [-0.39, 0.29) is 5.92 Å². The van der Waals surface area contributed by atoms with Crippen LogP contribution in [0.15, 0.2) is 60.8 Å². The number of carbonyl (C=O) groups excluding carboxylic acids is 1. The molecule has 5 heteroatoms. The van der Waals surface area contributed by atoms with E-state index in [1.165, 1.54) is 54.3 Å². The Morgan fingerprint density at radius 3 is 2.41 bits per heavy atom. The number of hydrogen-bond acceptors (Lipinski definition) is 3. The van der Waals surface area contributed by atoms with Crippen LogP contribution in [-0.4, -0.2) is 65.5 Å². The smallest absolute Gasteiger partial charge is 0.230 e. The quantitative estimate of drug-likeness (QED) is 0.567. The summed E-state index contributed by atoms with van der Waals surface area (Å²) < 4.78 is 0. The highest BCUT2D eigenvalue weighted by molar-refractivity contribution is 5.92. The van der Waals surface area contributed by atoms with Gasteiger partial charge in [-0.15, -0.1) is 0 Å². The number of nitrogens with zero attached hydrogens (tertiary/aromatic N) is 3. The van der Waals surface area contributed by atoms with Gasteiger partial charge in [0.2, 0.25) is 5.91 Å². The molecule has 5 nitrogen and oxygen atoms in total. The molecule has 0 radical (unpaired) electrons. The summed E-state index contributed by atoms with van der Waals surface area (Å²) in [4.78, 5) is 24.6. The molecule has 0 saturated carbocycles. The normalized spacial score (nSPS) is 24.0. The van der Waals surface area contributed by atoms with Gasteiger partial charge in [-0.25, -0.2) is 0 Å². The fraction of sp³-hybridized carbons (Fsp3) is 0.483. The minimum absolute atomic E-state index is 0.0194. The predicted molar refractivity (Wildman–Crippen MR) is 138 cm³/mol. The van der Waals surface area contributed by atoms with Crippen LogP contribution in [0.2, 0.25) is 0 Å². The van der Waals surface area contributed by atoms with E-state index in [9.17, 15) is 4.79 Å². The van der Waals surface area contributed by atoms with Gasteiger partial charge in [0.25, 0.3) is 0 Å². The van der Waals surface area contributed by atoms with Gasteiger partial charge in [-0.1, -0.05) is 36.4 Å². The third-order valence-corrected chi connectivity index (χ3v) is 8.47. The molecular formula is C29H36N4O. The van der Waals surface area contributed by atoms with Crippen molar-refractivity contribution in [2.24, 2.45) is 0 Å². The molecule has 3 aliphatic rings. The highest BCUT2D eigenvalue weighted by Crippen LogP contribution is 2.38. The number of anilines is 1. The number of aromatic amines is 1. The number of piperidine rings is 1. The Hall–Kier alpha value is -2.79. The second kappa shape index (κ2) is 9.46. The molecule has 3 saturated heterocycles. The largest absolute Gasteiger partial charge is 0.368 e. The number of H-pyrrole nitrogens is 1. The van der Waals surface area contributed by atoms with E-state index in [0.29, 0.717) is 18.0 Å². The molecule has 1 N–H and O–H groups in total. The van der Waals surface area contributed by atoms with Gasteiger partial charge < -0.3 is 14.8 Å². The number of hydrogen-bond donors (Lipinski definition) is 1. The van der Waals surface area contributed by atoms with E-state index >= 15 is 0 Å². The summed E-state index contributed by atoms with van der Waals surface area (Å²) in [6.07, 6.45) is 9.02. The van der Waals surface area contributed by atoms with E-state index in [0.717, 1.165) is 39.1 Å². The van der Waals surface area contributed by atoms with Crippen LogP contribution in [0.4, 0.5) is 5.69 Å². The number of amides is 1. The lowest BCUT2D eigenvalue weighted by Crippen LogP contribution is -2.48. The van der Waals surface area contributed by atoms with Gasteiger partial charge in [0.1, 0.15) is 0 Å². The zero-order valence-electron chi connectivity index (χ0n) is 20.0. The second-order valence-corrected chi connectivity index (χ2v) is 10.4. The van der Waals surface area contributed by atoms with E-state index in [4.69, 9.17) is 0 Å². The molecule has 4 heterocycles. The van der Waals surface area contributed by atoms with Crippen molar-refractivity contribution in [3.63, 3.8) is 0 Å². The van der Waals surface area contributed by atoms with Crippen molar-refractivity contribution in [3.05, 3.63) is 66.4 Å². The molecular weight excluding hydrogens is 420 g/mol. The van der Waals surface area contributed by atoms with E-state index in [1.807, 2.05) is 6.20 Å². The van der Waals surface area contributed by atoms with Gasteiger partial charge in [-0.3, -0.25) is 9.69 Å². The molecule has 3 fully saturated rings. The number of carbonyl (C=O) groups is 1. The predicted octanol–water partition coefficient (Wildman–Crippen LogP) is 5.01. The van der Waals surface area contributed by atoms with Crippen molar-refractivity contribution < 1.29 is 4.79 Å². The first-order chi connectivity index (χ1) is 16.8. The molecule has 6 rings (SSSR count). The Labute approximate surface area is 202 Å². The lowest BCUT2D eigenvalue weighted by Gasteiger charge is -2.39. The average molecular weight is 457 g/mol. The first-order valence-electron chi connectivity index (χ1n) is 13.2. The third-order valence-electron chi connectivity index (χ3n) is 8.47. The molecule has 0 spiro atoms. The van der Waals surface area contributed by atoms with Crippen molar-refractivity contribution >= 4 is 22.5 Å². The maximum absolute atomic E-state index is 13.9. The van der Waals surface area contributed by atoms with Gasteiger partial charge in [0.05, 0.1) is 5.92 Å². The molecule has 3 aromatic rings. The molecule has 0 aliphatic carbocycles. The van der Waals surface area contributed by atoms with Crippen LogP contribution >= 0.6 is 0 Å². The molecule has 3 atom stereocenters.